The number of hydrogen-bond donors (Lipinski definition) is 3. The molecule has 2 aromatic rings. The van der Waals surface area contributed by atoms with Gasteiger partial charge in [-0.1, -0.05) is 57.5 Å². The Bertz CT molecular complexity index is 1040. The molecule has 7 nitrogen and oxygen atoms in total. The molecule has 0 unspecified atom stereocenters. The molecule has 0 bridgehead atoms. The number of likely N-dealkylation sites (tertiary alicyclic amines) is 1. The van der Waals surface area contributed by atoms with Crippen LogP contribution in [0.3, 0.4) is 0 Å². The van der Waals surface area contributed by atoms with E-state index in [1.165, 1.54) is 0 Å². The van der Waals surface area contributed by atoms with E-state index in [9.17, 15) is 14.4 Å². The van der Waals surface area contributed by atoms with Crippen molar-refractivity contribution < 1.29 is 14.4 Å². The first kappa shape index (κ1) is 28.2. The maximum absolute atomic E-state index is 13.5. The van der Waals surface area contributed by atoms with Gasteiger partial charge in [-0.3, -0.25) is 14.4 Å². The molecule has 1 heterocycles. The minimum absolute atomic E-state index is 0.0679. The summed E-state index contributed by atoms with van der Waals surface area (Å²) in [7, 11) is 0. The number of nitrogens with zero attached hydrogens (tertiary/aromatic N) is 1. The van der Waals surface area contributed by atoms with E-state index in [-0.39, 0.29) is 17.7 Å². The maximum atomic E-state index is 13.5. The van der Waals surface area contributed by atoms with Gasteiger partial charge >= 0.3 is 0 Å². The number of amides is 3. The molecule has 1 aliphatic heterocycles. The molecule has 7 heteroatoms. The molecule has 37 heavy (non-hydrogen) atoms. The zero-order valence-electron chi connectivity index (χ0n) is 22.4. The van der Waals surface area contributed by atoms with Crippen LogP contribution in [-0.2, 0) is 20.9 Å². The summed E-state index contributed by atoms with van der Waals surface area (Å²) in [5.74, 6) is -1.57. The van der Waals surface area contributed by atoms with Crippen LogP contribution in [0.4, 0.5) is 11.4 Å². The van der Waals surface area contributed by atoms with E-state index in [4.69, 9.17) is 5.73 Å². The van der Waals surface area contributed by atoms with Crippen molar-refractivity contribution in [1.29, 1.82) is 0 Å². The van der Waals surface area contributed by atoms with Crippen molar-refractivity contribution in [2.24, 2.45) is 23.5 Å². The Balaban J connectivity index is 1.71. The van der Waals surface area contributed by atoms with Crippen LogP contribution in [0.2, 0.25) is 0 Å². The lowest BCUT2D eigenvalue weighted by molar-refractivity contribution is -0.139. The van der Waals surface area contributed by atoms with Crippen molar-refractivity contribution in [2.45, 2.75) is 71.9 Å². The zero-order valence-corrected chi connectivity index (χ0v) is 22.4. The summed E-state index contributed by atoms with van der Waals surface area (Å²) in [4.78, 5) is 41.0. The predicted octanol–water partition coefficient (Wildman–Crippen LogP) is 4.99. The van der Waals surface area contributed by atoms with Gasteiger partial charge in [0, 0.05) is 36.3 Å². The second kappa shape index (κ2) is 13.8. The number of carbonyl (C=O) groups excluding carboxylic acids is 3. The van der Waals surface area contributed by atoms with E-state index in [1.54, 1.807) is 0 Å². The molecule has 0 spiro atoms. The molecule has 200 valence electrons. The highest BCUT2D eigenvalue weighted by Gasteiger charge is 2.35. The molecule has 3 rings (SSSR count). The van der Waals surface area contributed by atoms with Gasteiger partial charge in [-0.25, -0.2) is 0 Å². The summed E-state index contributed by atoms with van der Waals surface area (Å²) in [6.07, 6.45) is 4.23. The van der Waals surface area contributed by atoms with Gasteiger partial charge in [-0.15, -0.1) is 0 Å². The Morgan fingerprint density at radius 3 is 2.43 bits per heavy atom. The van der Waals surface area contributed by atoms with Gasteiger partial charge in [0.1, 0.15) is 6.04 Å². The van der Waals surface area contributed by atoms with Crippen molar-refractivity contribution in [3.05, 3.63) is 60.2 Å². The highest BCUT2D eigenvalue weighted by Crippen LogP contribution is 2.26. The Kier molecular flexibility index (Phi) is 10.5. The third-order valence-corrected chi connectivity index (χ3v) is 6.97. The summed E-state index contributed by atoms with van der Waals surface area (Å²) < 4.78 is 0. The zero-order chi connectivity index (χ0) is 26.8. The summed E-state index contributed by atoms with van der Waals surface area (Å²) in [6.45, 7) is 7.17. The highest BCUT2D eigenvalue weighted by molar-refractivity contribution is 5.91. The minimum Gasteiger partial charge on any atom is -0.369 e. The summed E-state index contributed by atoms with van der Waals surface area (Å²) in [5.41, 5.74) is 8.68. The van der Waals surface area contributed by atoms with Gasteiger partial charge in [0.05, 0.1) is 0 Å². The van der Waals surface area contributed by atoms with E-state index in [0.717, 1.165) is 36.2 Å². The van der Waals surface area contributed by atoms with Crippen LogP contribution < -0.4 is 16.4 Å². The van der Waals surface area contributed by atoms with Crippen LogP contribution in [0.15, 0.2) is 54.6 Å². The van der Waals surface area contributed by atoms with Gasteiger partial charge in [0.15, 0.2) is 0 Å². The number of nitrogens with two attached hydrogens (primary N) is 1. The van der Waals surface area contributed by atoms with Gasteiger partial charge < -0.3 is 21.3 Å². The van der Waals surface area contributed by atoms with Crippen molar-refractivity contribution in [1.82, 2.24) is 10.2 Å². The topological polar surface area (TPSA) is 105 Å². The predicted molar refractivity (Wildman–Crippen MR) is 148 cm³/mol. The number of hydrogen-bond acceptors (Lipinski definition) is 4. The number of para-hydroxylation sites is 1. The van der Waals surface area contributed by atoms with E-state index in [0.29, 0.717) is 32.4 Å². The highest BCUT2D eigenvalue weighted by atomic mass is 16.2. The molecule has 0 aliphatic carbocycles. The van der Waals surface area contributed by atoms with Crippen molar-refractivity contribution >= 4 is 29.1 Å². The van der Waals surface area contributed by atoms with Crippen LogP contribution >= 0.6 is 0 Å². The third-order valence-electron chi connectivity index (χ3n) is 6.97. The molecule has 1 saturated heterocycles. The summed E-state index contributed by atoms with van der Waals surface area (Å²) in [6, 6.07) is 17.4. The normalized spacial score (nSPS) is 17.7. The van der Waals surface area contributed by atoms with E-state index in [2.05, 4.69) is 16.7 Å². The molecule has 0 radical (unpaired) electrons. The number of rotatable bonds is 12. The molecular formula is C30H42N4O3. The average molecular weight is 507 g/mol. The molecule has 1 aliphatic rings. The van der Waals surface area contributed by atoms with Gasteiger partial charge in [0.2, 0.25) is 17.7 Å². The Labute approximate surface area is 221 Å². The fourth-order valence-corrected chi connectivity index (χ4v) is 5.15. The lowest BCUT2D eigenvalue weighted by Crippen LogP contribution is -2.50. The Morgan fingerprint density at radius 2 is 1.76 bits per heavy atom. The van der Waals surface area contributed by atoms with E-state index >= 15 is 0 Å². The smallest absolute Gasteiger partial charge is 0.245 e. The van der Waals surface area contributed by atoms with Crippen LogP contribution in [-0.4, -0.2) is 35.2 Å². The summed E-state index contributed by atoms with van der Waals surface area (Å²) >= 11 is 0. The van der Waals surface area contributed by atoms with Gasteiger partial charge in [-0.05, 0) is 67.9 Å². The molecule has 3 amide bonds. The van der Waals surface area contributed by atoms with Crippen molar-refractivity contribution in [3.8, 4) is 0 Å². The number of primary amides is 1. The SMILES string of the molecule is CCC[C@H](C(N)=O)[C@H](CC(C)C)C(=O)N[C@H]1CCCCN(Cc2cccc(Nc3ccccc3)c2)C1=O. The fourth-order valence-electron chi connectivity index (χ4n) is 5.15. The van der Waals surface area contributed by atoms with Crippen LogP contribution in [0.1, 0.15) is 64.9 Å². The average Bonchev–Trinajstić information content (AvgIpc) is 3.03. The second-order valence-electron chi connectivity index (χ2n) is 10.5. The van der Waals surface area contributed by atoms with E-state index < -0.39 is 23.8 Å². The molecule has 2 aromatic carbocycles. The van der Waals surface area contributed by atoms with Crippen LogP contribution in [0, 0.1) is 17.8 Å². The van der Waals surface area contributed by atoms with Crippen molar-refractivity contribution in [2.75, 3.05) is 11.9 Å². The van der Waals surface area contributed by atoms with Crippen LogP contribution in [0.25, 0.3) is 0 Å². The first-order valence-electron chi connectivity index (χ1n) is 13.6. The number of nitrogens with one attached hydrogen (secondary N) is 2. The maximum Gasteiger partial charge on any atom is 0.245 e. The van der Waals surface area contributed by atoms with E-state index in [1.807, 2.05) is 74.2 Å². The molecule has 3 atom stereocenters. The Morgan fingerprint density at radius 1 is 1.03 bits per heavy atom. The lowest BCUT2D eigenvalue weighted by atomic mass is 9.81. The number of benzene rings is 2. The molecule has 0 aromatic heterocycles. The first-order valence-corrected chi connectivity index (χ1v) is 13.6. The second-order valence-corrected chi connectivity index (χ2v) is 10.5. The van der Waals surface area contributed by atoms with Gasteiger partial charge in [0.25, 0.3) is 0 Å². The third kappa shape index (κ3) is 8.34. The largest absolute Gasteiger partial charge is 0.369 e. The molecule has 1 fully saturated rings. The fraction of sp³-hybridized carbons (Fsp3) is 0.500. The Hall–Kier alpha value is -3.35. The monoisotopic (exact) mass is 506 g/mol. The first-order chi connectivity index (χ1) is 17.8. The lowest BCUT2D eigenvalue weighted by Gasteiger charge is -2.29. The van der Waals surface area contributed by atoms with Gasteiger partial charge in [-0.2, -0.15) is 0 Å². The van der Waals surface area contributed by atoms with Crippen molar-refractivity contribution in [3.63, 3.8) is 0 Å². The summed E-state index contributed by atoms with van der Waals surface area (Å²) in [5, 5.41) is 6.42. The molecule has 0 saturated carbocycles. The standard InChI is InChI=1S/C30H42N4O3/c1-4-11-25(28(31)35)26(18-21(2)3)29(36)33-27-16-8-9-17-34(30(27)37)20-22-12-10-15-24(19-22)32-23-13-6-5-7-14-23/h5-7,10,12-15,19,21,25-27,32H,4,8-9,11,16-18,20H2,1-3H3,(H2,31,35)(H,33,36)/t25-,26-,27-/m0/s1. The van der Waals surface area contributed by atoms with Crippen LogP contribution in [0.5, 0.6) is 0 Å². The number of anilines is 2. The molecule has 4 N–H and O–H groups in total. The quantitative estimate of drug-likeness (QED) is 0.377. The number of carbonyl (C=O) groups is 3. The minimum atomic E-state index is -0.592. The molecular weight excluding hydrogens is 464 g/mol.